The zero-order valence-electron chi connectivity index (χ0n) is 11.8. The van der Waals surface area contributed by atoms with Crippen molar-refractivity contribution in [2.75, 3.05) is 26.4 Å². The van der Waals surface area contributed by atoms with Crippen molar-refractivity contribution in [2.24, 2.45) is 17.1 Å². The molecule has 2 heterocycles. The van der Waals surface area contributed by atoms with Crippen LogP contribution in [-0.2, 0) is 9.47 Å². The van der Waals surface area contributed by atoms with Gasteiger partial charge in [-0.25, -0.2) is 4.39 Å². The molecule has 0 bridgehead atoms. The van der Waals surface area contributed by atoms with E-state index in [2.05, 4.69) is 0 Å². The first kappa shape index (κ1) is 14.2. The predicted molar refractivity (Wildman–Crippen MR) is 69.2 cm³/mol. The molecule has 2 rings (SSSR count). The molecule has 0 saturated carbocycles. The van der Waals surface area contributed by atoms with E-state index < -0.39 is 11.1 Å². The molecule has 0 aromatic carbocycles. The van der Waals surface area contributed by atoms with Crippen LogP contribution in [0.4, 0.5) is 4.39 Å². The summed E-state index contributed by atoms with van der Waals surface area (Å²) in [6.07, 6.45) is 2.37. The third kappa shape index (κ3) is 2.30. The van der Waals surface area contributed by atoms with Crippen LogP contribution in [0.2, 0.25) is 0 Å². The molecule has 2 fully saturated rings. The lowest BCUT2D eigenvalue weighted by Crippen LogP contribution is -2.56. The highest BCUT2D eigenvalue weighted by molar-refractivity contribution is 5.03. The normalized spacial score (nSPS) is 36.8. The Balaban J connectivity index is 2.17. The van der Waals surface area contributed by atoms with E-state index in [-0.39, 0.29) is 18.1 Å². The van der Waals surface area contributed by atoms with Crippen molar-refractivity contribution in [3.63, 3.8) is 0 Å². The van der Waals surface area contributed by atoms with Gasteiger partial charge in [-0.3, -0.25) is 0 Å². The van der Waals surface area contributed by atoms with Crippen LogP contribution in [-0.4, -0.2) is 37.6 Å². The second kappa shape index (κ2) is 4.73. The molecule has 2 aliphatic rings. The Hall–Kier alpha value is -0.190. The molecule has 3 nitrogen and oxygen atoms in total. The molecule has 0 radical (unpaired) electrons. The molecular formula is C14H26FNO2. The standard InChI is InChI=1S/C14H26FNO2/c1-12(2,3)14(15,9-16)11-4-6-18-13(8-11)5-7-17-10-13/h11H,4-10,16H2,1-3H3. The minimum absolute atomic E-state index is 0.0297. The van der Waals surface area contributed by atoms with Crippen LogP contribution < -0.4 is 5.73 Å². The number of alkyl halides is 1. The maximum absolute atomic E-state index is 15.3. The average molecular weight is 259 g/mol. The Morgan fingerprint density at radius 3 is 2.56 bits per heavy atom. The summed E-state index contributed by atoms with van der Waals surface area (Å²) in [4.78, 5) is 0. The first-order valence-electron chi connectivity index (χ1n) is 6.94. The minimum atomic E-state index is -1.33. The summed E-state index contributed by atoms with van der Waals surface area (Å²) in [5, 5.41) is 0. The number of hydrogen-bond acceptors (Lipinski definition) is 3. The van der Waals surface area contributed by atoms with Gasteiger partial charge in [0.25, 0.3) is 0 Å². The van der Waals surface area contributed by atoms with Crippen molar-refractivity contribution in [3.8, 4) is 0 Å². The molecule has 4 heteroatoms. The number of hydrogen-bond donors (Lipinski definition) is 1. The first-order chi connectivity index (χ1) is 8.33. The van der Waals surface area contributed by atoms with Crippen molar-refractivity contribution in [1.82, 2.24) is 0 Å². The Morgan fingerprint density at radius 2 is 2.06 bits per heavy atom. The number of rotatable bonds is 2. The van der Waals surface area contributed by atoms with Crippen LogP contribution in [0.25, 0.3) is 0 Å². The van der Waals surface area contributed by atoms with Gasteiger partial charge in [-0.15, -0.1) is 0 Å². The quantitative estimate of drug-likeness (QED) is 0.827. The summed E-state index contributed by atoms with van der Waals surface area (Å²) in [6.45, 7) is 7.85. The Morgan fingerprint density at radius 1 is 1.33 bits per heavy atom. The van der Waals surface area contributed by atoms with E-state index in [1.165, 1.54) is 0 Å². The van der Waals surface area contributed by atoms with Gasteiger partial charge in [-0.2, -0.15) is 0 Å². The highest BCUT2D eigenvalue weighted by Crippen LogP contribution is 2.48. The van der Waals surface area contributed by atoms with Gasteiger partial charge >= 0.3 is 0 Å². The SMILES string of the molecule is CC(C)(C)C(F)(CN)C1CCOC2(CCOC2)C1. The molecule has 0 aromatic rings. The molecule has 18 heavy (non-hydrogen) atoms. The Labute approximate surface area is 109 Å². The first-order valence-corrected chi connectivity index (χ1v) is 6.94. The molecule has 2 aliphatic heterocycles. The smallest absolute Gasteiger partial charge is 0.130 e. The van der Waals surface area contributed by atoms with Crippen molar-refractivity contribution in [2.45, 2.75) is 51.3 Å². The lowest BCUT2D eigenvalue weighted by molar-refractivity contribution is -0.142. The van der Waals surface area contributed by atoms with Crippen molar-refractivity contribution in [1.29, 1.82) is 0 Å². The fourth-order valence-electron chi connectivity index (χ4n) is 3.37. The highest BCUT2D eigenvalue weighted by Gasteiger charge is 2.53. The summed E-state index contributed by atoms with van der Waals surface area (Å²) in [5.41, 5.74) is 3.75. The van der Waals surface area contributed by atoms with E-state index >= 15 is 4.39 Å². The van der Waals surface area contributed by atoms with E-state index in [9.17, 15) is 0 Å². The van der Waals surface area contributed by atoms with Crippen LogP contribution in [0, 0.1) is 11.3 Å². The molecule has 0 amide bonds. The van der Waals surface area contributed by atoms with Gasteiger partial charge in [0, 0.05) is 26.2 Å². The van der Waals surface area contributed by atoms with E-state index in [0.717, 1.165) is 25.9 Å². The molecule has 0 aromatic heterocycles. The molecule has 106 valence electrons. The van der Waals surface area contributed by atoms with Crippen LogP contribution in [0.15, 0.2) is 0 Å². The molecule has 3 atom stereocenters. The largest absolute Gasteiger partial charge is 0.378 e. The summed E-state index contributed by atoms with van der Waals surface area (Å²) in [7, 11) is 0. The topological polar surface area (TPSA) is 44.5 Å². The lowest BCUT2D eigenvalue weighted by Gasteiger charge is -2.48. The second-order valence-corrected chi connectivity index (χ2v) is 6.84. The van der Waals surface area contributed by atoms with Gasteiger partial charge in [-0.05, 0) is 24.2 Å². The van der Waals surface area contributed by atoms with Gasteiger partial charge in [-0.1, -0.05) is 20.8 Å². The predicted octanol–water partition coefficient (Wildman–Crippen LogP) is 2.29. The van der Waals surface area contributed by atoms with E-state index in [1.54, 1.807) is 0 Å². The van der Waals surface area contributed by atoms with E-state index in [0.29, 0.717) is 13.2 Å². The van der Waals surface area contributed by atoms with Crippen molar-refractivity contribution in [3.05, 3.63) is 0 Å². The molecule has 0 aliphatic carbocycles. The molecular weight excluding hydrogens is 233 g/mol. The van der Waals surface area contributed by atoms with Crippen molar-refractivity contribution >= 4 is 0 Å². The second-order valence-electron chi connectivity index (χ2n) is 6.84. The molecule has 2 saturated heterocycles. The highest BCUT2D eigenvalue weighted by atomic mass is 19.1. The van der Waals surface area contributed by atoms with Gasteiger partial charge in [0.15, 0.2) is 0 Å². The number of halogens is 1. The third-order valence-corrected chi connectivity index (χ3v) is 4.75. The van der Waals surface area contributed by atoms with Gasteiger partial charge in [0.2, 0.25) is 0 Å². The van der Waals surface area contributed by atoms with E-state index in [4.69, 9.17) is 15.2 Å². The van der Waals surface area contributed by atoms with Crippen molar-refractivity contribution < 1.29 is 13.9 Å². The van der Waals surface area contributed by atoms with Crippen LogP contribution in [0.1, 0.15) is 40.0 Å². The summed E-state index contributed by atoms with van der Waals surface area (Å²) in [5.74, 6) is -0.0297. The van der Waals surface area contributed by atoms with Crippen LogP contribution in [0.5, 0.6) is 0 Å². The van der Waals surface area contributed by atoms with Gasteiger partial charge in [0.1, 0.15) is 5.67 Å². The third-order valence-electron chi connectivity index (χ3n) is 4.75. The summed E-state index contributed by atoms with van der Waals surface area (Å²) < 4.78 is 26.6. The molecule has 2 N–H and O–H groups in total. The zero-order chi connectivity index (χ0) is 13.4. The lowest BCUT2D eigenvalue weighted by atomic mass is 9.65. The summed E-state index contributed by atoms with van der Waals surface area (Å²) in [6, 6.07) is 0. The Bertz CT molecular complexity index is 297. The monoisotopic (exact) mass is 259 g/mol. The fourth-order valence-corrected chi connectivity index (χ4v) is 3.37. The van der Waals surface area contributed by atoms with Crippen LogP contribution in [0.3, 0.4) is 0 Å². The number of ether oxygens (including phenoxy) is 2. The molecule has 3 unspecified atom stereocenters. The Kier molecular flexibility index (Phi) is 3.74. The van der Waals surface area contributed by atoms with Crippen LogP contribution >= 0.6 is 0 Å². The fraction of sp³-hybridized carbons (Fsp3) is 1.00. The molecule has 1 spiro atoms. The van der Waals surface area contributed by atoms with Gasteiger partial charge < -0.3 is 15.2 Å². The maximum atomic E-state index is 15.3. The average Bonchev–Trinajstić information content (AvgIpc) is 2.74. The number of nitrogens with two attached hydrogens (primary N) is 1. The zero-order valence-corrected chi connectivity index (χ0v) is 11.8. The van der Waals surface area contributed by atoms with E-state index in [1.807, 2.05) is 20.8 Å². The maximum Gasteiger partial charge on any atom is 0.130 e. The summed E-state index contributed by atoms with van der Waals surface area (Å²) >= 11 is 0. The minimum Gasteiger partial charge on any atom is -0.378 e. The van der Waals surface area contributed by atoms with Gasteiger partial charge in [0.05, 0.1) is 12.2 Å².